The van der Waals surface area contributed by atoms with E-state index < -0.39 is 11.8 Å². The Labute approximate surface area is 273 Å². The van der Waals surface area contributed by atoms with Crippen LogP contribution in [-0.4, -0.2) is 45.4 Å². The number of para-hydroxylation sites is 1. The zero-order valence-electron chi connectivity index (χ0n) is 25.9. The van der Waals surface area contributed by atoms with Gasteiger partial charge in [0.2, 0.25) is 0 Å². The number of halogens is 1. The number of imidazole rings is 1. The molecule has 4 bridgehead atoms. The lowest BCUT2D eigenvalue weighted by atomic mass is 9.58. The second kappa shape index (κ2) is 10.7. The third-order valence-electron chi connectivity index (χ3n) is 10.8. The molecule has 0 aliphatic heterocycles. The third kappa shape index (κ3) is 4.80. The first-order valence-electron chi connectivity index (χ1n) is 16.2. The first kappa shape index (κ1) is 28.5. The Morgan fingerprint density at radius 3 is 2.60 bits per heavy atom. The van der Waals surface area contributed by atoms with Crippen LogP contribution in [0.5, 0.6) is 0 Å². The molecule has 47 heavy (non-hydrogen) atoms. The lowest BCUT2D eigenvalue weighted by Crippen LogP contribution is -2.40. The molecule has 12 heteroatoms. The lowest BCUT2D eigenvalue weighted by molar-refractivity contribution is 0.0169. The highest BCUT2D eigenvalue weighted by molar-refractivity contribution is 7.22. The van der Waals surface area contributed by atoms with Crippen molar-refractivity contribution < 1.29 is 14.3 Å². The summed E-state index contributed by atoms with van der Waals surface area (Å²) in [6.07, 6.45) is 15.6. The Morgan fingerprint density at radius 1 is 1.04 bits per heavy atom. The molecule has 5 aromatic heterocycles. The number of carbonyl (C=O) groups is 1. The van der Waals surface area contributed by atoms with Crippen molar-refractivity contribution in [2.75, 3.05) is 5.32 Å². The fourth-order valence-electron chi connectivity index (χ4n) is 9.00. The van der Waals surface area contributed by atoms with Crippen LogP contribution in [0, 0.1) is 35.9 Å². The lowest BCUT2D eigenvalue weighted by Gasteiger charge is -2.48. The quantitative estimate of drug-likeness (QED) is 0.180. The van der Waals surface area contributed by atoms with Gasteiger partial charge in [-0.05, 0) is 74.3 Å². The first-order valence-corrected chi connectivity index (χ1v) is 17.0. The summed E-state index contributed by atoms with van der Waals surface area (Å²) in [6.45, 7) is 2.89. The molecule has 6 aromatic rings. The fraction of sp³-hybridized carbons (Fsp3) is 0.371. The van der Waals surface area contributed by atoms with Crippen molar-refractivity contribution in [2.45, 2.75) is 58.4 Å². The summed E-state index contributed by atoms with van der Waals surface area (Å²) in [6, 6.07) is 9.01. The van der Waals surface area contributed by atoms with Crippen molar-refractivity contribution in [1.82, 2.24) is 34.3 Å². The van der Waals surface area contributed by atoms with Crippen LogP contribution in [0.3, 0.4) is 0 Å². The highest BCUT2D eigenvalue weighted by atomic mass is 32.1. The number of fused-ring (bicyclic) bond motifs is 3. The second-order valence-electron chi connectivity index (χ2n) is 13.8. The standard InChI is InChI=1S/C35H33FN8O2S/c1-19-24(16-40-44(19)17-35-11-20-6-7-21(12-35)9-22(8-20)13-35)25-15-38-32-30(29(25)33(45)46)39-18-43(32)23-10-26(36)31(37-14-23)42-34-41-27-4-2-3-5-28(27)47-34/h2-5,10,14-16,18,20-22H,6-9,11-13,17H2,1H3,(H,45,46)(H,37,41,42). The SMILES string of the molecule is Cc1c(-c2cnc3c(ncn3-c3cnc(Nc4nc5ccccc5s4)c(F)c3)c2C(=O)O)cnn1CC12CC3CCC(CC(C3)C1)C2. The number of nitrogens with one attached hydrogen (secondary N) is 1. The number of pyridine rings is 2. The van der Waals surface area contributed by atoms with Gasteiger partial charge >= 0.3 is 5.97 Å². The van der Waals surface area contributed by atoms with Crippen LogP contribution in [0.2, 0.25) is 0 Å². The summed E-state index contributed by atoms with van der Waals surface area (Å²) in [4.78, 5) is 30.7. The molecule has 0 spiro atoms. The van der Waals surface area contributed by atoms with Crippen molar-refractivity contribution in [3.05, 3.63) is 72.3 Å². The summed E-state index contributed by atoms with van der Waals surface area (Å²) in [5.41, 5.74) is 4.18. The first-order chi connectivity index (χ1) is 22.8. The largest absolute Gasteiger partial charge is 0.478 e. The molecule has 10 rings (SSSR count). The zero-order chi connectivity index (χ0) is 31.9. The summed E-state index contributed by atoms with van der Waals surface area (Å²) < 4.78 is 19.9. The minimum Gasteiger partial charge on any atom is -0.478 e. The summed E-state index contributed by atoms with van der Waals surface area (Å²) >= 11 is 1.41. The minimum atomic E-state index is -1.11. The van der Waals surface area contributed by atoms with E-state index in [4.69, 9.17) is 5.10 Å². The molecule has 2 N–H and O–H groups in total. The highest BCUT2D eigenvalue weighted by Gasteiger charge is 2.48. The van der Waals surface area contributed by atoms with Gasteiger partial charge in [-0.2, -0.15) is 5.10 Å². The van der Waals surface area contributed by atoms with Crippen LogP contribution >= 0.6 is 11.3 Å². The molecule has 2 unspecified atom stereocenters. The van der Waals surface area contributed by atoms with Crippen LogP contribution < -0.4 is 5.32 Å². The Kier molecular flexibility index (Phi) is 6.47. The summed E-state index contributed by atoms with van der Waals surface area (Å²) in [5, 5.41) is 18.7. The second-order valence-corrected chi connectivity index (χ2v) is 14.9. The van der Waals surface area contributed by atoms with Crippen molar-refractivity contribution in [3.63, 3.8) is 0 Å². The maximum Gasteiger partial charge on any atom is 0.338 e. The highest BCUT2D eigenvalue weighted by Crippen LogP contribution is 2.58. The van der Waals surface area contributed by atoms with Gasteiger partial charge < -0.3 is 10.4 Å². The maximum atomic E-state index is 15.3. The fourth-order valence-corrected chi connectivity index (χ4v) is 9.86. The van der Waals surface area contributed by atoms with Gasteiger partial charge in [0.1, 0.15) is 11.8 Å². The summed E-state index contributed by atoms with van der Waals surface area (Å²) in [5.74, 6) is 0.826. The van der Waals surface area contributed by atoms with Crippen molar-refractivity contribution >= 4 is 49.6 Å². The predicted octanol–water partition coefficient (Wildman–Crippen LogP) is 7.78. The Morgan fingerprint density at radius 2 is 1.83 bits per heavy atom. The van der Waals surface area contributed by atoms with Gasteiger partial charge in [-0.15, -0.1) is 0 Å². The molecule has 10 nitrogen and oxygen atoms in total. The smallest absolute Gasteiger partial charge is 0.338 e. The Hall–Kier alpha value is -4.71. The monoisotopic (exact) mass is 648 g/mol. The topological polar surface area (TPSA) is 124 Å². The molecule has 0 saturated heterocycles. The number of carboxylic acid groups (broad SMARTS) is 1. The van der Waals surface area contributed by atoms with Gasteiger partial charge in [-0.3, -0.25) is 9.25 Å². The van der Waals surface area contributed by atoms with E-state index in [1.807, 2.05) is 31.2 Å². The van der Waals surface area contributed by atoms with E-state index in [1.165, 1.54) is 74.9 Å². The average Bonchev–Trinajstić information content (AvgIpc) is 3.72. The van der Waals surface area contributed by atoms with Gasteiger partial charge in [0.15, 0.2) is 22.4 Å². The van der Waals surface area contributed by atoms with Crippen LogP contribution in [0.1, 0.15) is 61.0 Å². The van der Waals surface area contributed by atoms with Crippen molar-refractivity contribution in [2.24, 2.45) is 23.2 Å². The molecule has 0 amide bonds. The van der Waals surface area contributed by atoms with E-state index in [9.17, 15) is 9.90 Å². The molecule has 1 aromatic carbocycles. The van der Waals surface area contributed by atoms with Gasteiger partial charge in [0, 0.05) is 35.6 Å². The van der Waals surface area contributed by atoms with Crippen LogP contribution in [0.25, 0.3) is 38.2 Å². The molecular weight excluding hydrogens is 616 g/mol. The number of nitrogens with zero attached hydrogens (tertiary/aromatic N) is 7. The molecule has 4 fully saturated rings. The van der Waals surface area contributed by atoms with Gasteiger partial charge in [-0.1, -0.05) is 36.3 Å². The number of hydrogen-bond donors (Lipinski definition) is 2. The van der Waals surface area contributed by atoms with Crippen molar-refractivity contribution in [3.8, 4) is 16.8 Å². The molecule has 4 aliphatic rings. The van der Waals surface area contributed by atoms with Gasteiger partial charge in [0.25, 0.3) is 0 Å². The van der Waals surface area contributed by atoms with E-state index in [0.29, 0.717) is 22.0 Å². The average molecular weight is 649 g/mol. The van der Waals surface area contributed by atoms with Gasteiger partial charge in [0.05, 0.1) is 33.9 Å². The van der Waals surface area contributed by atoms with Crippen molar-refractivity contribution in [1.29, 1.82) is 0 Å². The molecule has 2 atom stereocenters. The number of carboxylic acids is 1. The zero-order valence-corrected chi connectivity index (χ0v) is 26.7. The van der Waals surface area contributed by atoms with Crippen LogP contribution in [-0.2, 0) is 6.54 Å². The van der Waals surface area contributed by atoms with Crippen LogP contribution in [0.4, 0.5) is 15.3 Å². The molecule has 5 heterocycles. The maximum absolute atomic E-state index is 15.3. The third-order valence-corrected chi connectivity index (χ3v) is 11.7. The van der Waals surface area contributed by atoms with E-state index in [-0.39, 0.29) is 22.3 Å². The molecule has 4 aliphatic carbocycles. The number of anilines is 2. The predicted molar refractivity (Wildman–Crippen MR) is 178 cm³/mol. The number of aromatic nitrogens is 7. The summed E-state index contributed by atoms with van der Waals surface area (Å²) in [7, 11) is 0. The molecule has 4 saturated carbocycles. The van der Waals surface area contributed by atoms with Crippen LogP contribution in [0.15, 0.2) is 55.2 Å². The Balaban J connectivity index is 1.03. The number of rotatable bonds is 7. The molecule has 238 valence electrons. The number of benzene rings is 1. The molecule has 0 radical (unpaired) electrons. The number of aromatic carboxylic acids is 1. The number of hydrogen-bond acceptors (Lipinski definition) is 8. The van der Waals surface area contributed by atoms with E-state index in [1.54, 1.807) is 17.0 Å². The number of thiazole rings is 1. The minimum absolute atomic E-state index is 0.0374. The Bertz CT molecular complexity index is 2160. The van der Waals surface area contributed by atoms with E-state index >= 15 is 4.39 Å². The van der Waals surface area contributed by atoms with Gasteiger partial charge in [-0.25, -0.2) is 29.1 Å². The van der Waals surface area contributed by atoms with E-state index in [0.717, 1.165) is 45.8 Å². The van der Waals surface area contributed by atoms with E-state index in [2.05, 4.69) is 29.9 Å². The molecular formula is C35H33FN8O2S. The normalized spacial score (nSPS) is 23.5.